The number of hydrogen-bond acceptors (Lipinski definition) is 5. The molecular weight excluding hydrogens is 461 g/mol. The average Bonchev–Trinajstić information content (AvgIpc) is 2.67. The molecule has 2 aromatic rings. The van der Waals surface area contributed by atoms with E-state index in [-0.39, 0.29) is 11.3 Å². The number of carbonyl (C=O) groups excluding carboxylic acids is 2. The molecule has 3 rings (SSSR count). The van der Waals surface area contributed by atoms with Gasteiger partial charge in [-0.15, -0.1) is 0 Å². The second kappa shape index (κ2) is 8.07. The van der Waals surface area contributed by atoms with Crippen LogP contribution in [0.4, 0.5) is 11.4 Å². The maximum atomic E-state index is 13.0. The molecule has 9 heteroatoms. The third-order valence-electron chi connectivity index (χ3n) is 4.07. The number of halogens is 1. The van der Waals surface area contributed by atoms with E-state index >= 15 is 0 Å². The molecular formula is C18H14ClN2O5Ru. The Hall–Kier alpha value is -2.44. The Bertz CT molecular complexity index is 945. The van der Waals surface area contributed by atoms with Crippen molar-refractivity contribution in [1.82, 2.24) is 0 Å². The Morgan fingerprint density at radius 3 is 2.63 bits per heavy atom. The number of hydrogen-bond donors (Lipinski definition) is 0. The van der Waals surface area contributed by atoms with E-state index in [4.69, 9.17) is 14.4 Å². The molecule has 141 valence electrons. The summed E-state index contributed by atoms with van der Waals surface area (Å²) in [7, 11) is 5.89. The van der Waals surface area contributed by atoms with Crippen LogP contribution >= 0.6 is 9.69 Å². The Morgan fingerprint density at radius 1 is 1.33 bits per heavy atom. The van der Waals surface area contributed by atoms with Crippen molar-refractivity contribution >= 4 is 37.5 Å². The molecule has 27 heavy (non-hydrogen) atoms. The third-order valence-corrected chi connectivity index (χ3v) is 5.26. The average molecular weight is 475 g/mol. The van der Waals surface area contributed by atoms with Gasteiger partial charge in [-0.3, -0.25) is 0 Å². The summed E-state index contributed by atoms with van der Waals surface area (Å²) in [6.45, 7) is 1.79. The first kappa shape index (κ1) is 19.3. The summed E-state index contributed by atoms with van der Waals surface area (Å²) in [5.74, 6) is -0.590. The summed E-state index contributed by atoms with van der Waals surface area (Å²) in [6.07, 6.45) is -0.398. The predicted molar refractivity (Wildman–Crippen MR) is 97.1 cm³/mol. The number of benzene rings is 2. The van der Waals surface area contributed by atoms with Gasteiger partial charge in [0.25, 0.3) is 0 Å². The fraction of sp³-hybridized carbons (Fsp3) is 0.167. The first-order valence-corrected chi connectivity index (χ1v) is 11.2. The summed E-state index contributed by atoms with van der Waals surface area (Å²) in [5.41, 5.74) is 1.11. The van der Waals surface area contributed by atoms with E-state index < -0.39 is 38.5 Å². The SMILES string of the molecule is CCC1Oc2c([CH]=[Ru][Cl])cccc2N(C(=O)c2ccc([N+](=O)[O-])cc2)C1=O. The van der Waals surface area contributed by atoms with Gasteiger partial charge in [0.15, 0.2) is 0 Å². The van der Waals surface area contributed by atoms with Crippen molar-refractivity contribution < 1.29 is 34.9 Å². The number of carbonyl (C=O) groups is 2. The molecule has 0 radical (unpaired) electrons. The van der Waals surface area contributed by atoms with Crippen LogP contribution in [0.15, 0.2) is 42.5 Å². The Morgan fingerprint density at radius 2 is 2.04 bits per heavy atom. The van der Waals surface area contributed by atoms with Crippen LogP contribution in [0.1, 0.15) is 29.3 Å². The van der Waals surface area contributed by atoms with Gasteiger partial charge >= 0.3 is 166 Å². The van der Waals surface area contributed by atoms with Gasteiger partial charge in [-0.25, -0.2) is 0 Å². The van der Waals surface area contributed by atoms with Crippen molar-refractivity contribution in [3.8, 4) is 5.75 Å². The molecule has 0 spiro atoms. The van der Waals surface area contributed by atoms with Crippen LogP contribution in [0, 0.1) is 10.1 Å². The summed E-state index contributed by atoms with van der Waals surface area (Å²) in [4.78, 5) is 37.2. The molecule has 0 aromatic heterocycles. The molecule has 2 amide bonds. The van der Waals surface area contributed by atoms with Gasteiger partial charge < -0.3 is 0 Å². The zero-order chi connectivity index (χ0) is 19.6. The van der Waals surface area contributed by atoms with Gasteiger partial charge in [0.2, 0.25) is 0 Å². The van der Waals surface area contributed by atoms with Crippen molar-refractivity contribution in [3.05, 3.63) is 63.7 Å². The number of nitro benzene ring substituents is 1. The van der Waals surface area contributed by atoms with Gasteiger partial charge in [0.05, 0.1) is 0 Å². The number of anilines is 1. The van der Waals surface area contributed by atoms with Crippen LogP contribution < -0.4 is 9.64 Å². The topological polar surface area (TPSA) is 89.8 Å². The number of imide groups is 1. The van der Waals surface area contributed by atoms with Crippen LogP contribution in [0.5, 0.6) is 5.75 Å². The first-order valence-electron chi connectivity index (χ1n) is 7.95. The number of amides is 2. The molecule has 0 fully saturated rings. The van der Waals surface area contributed by atoms with Crippen molar-refractivity contribution in [3.63, 3.8) is 0 Å². The minimum absolute atomic E-state index is 0.131. The monoisotopic (exact) mass is 475 g/mol. The van der Waals surface area contributed by atoms with E-state index in [9.17, 15) is 19.7 Å². The number of rotatable bonds is 4. The van der Waals surface area contributed by atoms with Crippen LogP contribution in [0.3, 0.4) is 0 Å². The first-order chi connectivity index (χ1) is 13.0. The number of nitrogens with zero attached hydrogens (tertiary/aromatic N) is 2. The molecule has 7 nitrogen and oxygen atoms in total. The standard InChI is InChI=1S/C18H14N2O5.ClH.Ru/c1-3-15-18(22)19(14-6-4-5-11(2)16(14)25-15)17(21)12-7-9-13(10-8-12)20(23)24;;/h2,4-10,15H,3H2,1H3;1H;/q;;+1/p-1. The molecule has 2 aromatic carbocycles. The van der Waals surface area contributed by atoms with Crippen molar-refractivity contribution in [1.29, 1.82) is 0 Å². The Labute approximate surface area is 166 Å². The molecule has 1 unspecified atom stereocenters. The molecule has 0 saturated carbocycles. The van der Waals surface area contributed by atoms with E-state index in [1.54, 1.807) is 19.1 Å². The van der Waals surface area contributed by atoms with E-state index in [2.05, 4.69) is 0 Å². The molecule has 1 aliphatic rings. The number of nitro groups is 1. The van der Waals surface area contributed by atoms with E-state index in [0.29, 0.717) is 17.9 Å². The summed E-state index contributed by atoms with van der Waals surface area (Å²) in [5, 5.41) is 10.8. The predicted octanol–water partition coefficient (Wildman–Crippen LogP) is 3.33. The quantitative estimate of drug-likeness (QED) is 0.293. The molecule has 1 aliphatic heterocycles. The molecule has 1 atom stereocenters. The molecule has 0 bridgehead atoms. The number of para-hydroxylation sites is 1. The summed E-state index contributed by atoms with van der Waals surface area (Å²) in [6, 6.07) is 10.3. The van der Waals surface area contributed by atoms with Crippen molar-refractivity contribution in [2.75, 3.05) is 4.90 Å². The van der Waals surface area contributed by atoms with Gasteiger partial charge in [-0.1, -0.05) is 0 Å². The van der Waals surface area contributed by atoms with E-state index in [1.807, 2.05) is 10.7 Å². The van der Waals surface area contributed by atoms with Crippen LogP contribution in [-0.4, -0.2) is 27.5 Å². The zero-order valence-electron chi connectivity index (χ0n) is 14.1. The molecule has 1 heterocycles. The number of non-ortho nitro benzene ring substituents is 1. The van der Waals surface area contributed by atoms with E-state index in [0.717, 1.165) is 10.5 Å². The van der Waals surface area contributed by atoms with Gasteiger partial charge in [0.1, 0.15) is 0 Å². The summed E-state index contributed by atoms with van der Waals surface area (Å²) >= 11 is -0.518. The second-order valence-electron chi connectivity index (χ2n) is 5.67. The summed E-state index contributed by atoms with van der Waals surface area (Å²) < 4.78 is 7.66. The molecule has 0 saturated heterocycles. The zero-order valence-corrected chi connectivity index (χ0v) is 16.6. The van der Waals surface area contributed by atoms with Gasteiger partial charge in [0, 0.05) is 0 Å². The molecule has 0 aliphatic carbocycles. The minimum atomic E-state index is -0.792. The normalized spacial score (nSPS) is 16.4. The van der Waals surface area contributed by atoms with Crippen LogP contribution in [0.25, 0.3) is 0 Å². The van der Waals surface area contributed by atoms with Crippen LogP contribution in [-0.2, 0) is 20.5 Å². The third kappa shape index (κ3) is 3.68. The van der Waals surface area contributed by atoms with Crippen LogP contribution in [0.2, 0.25) is 0 Å². The van der Waals surface area contributed by atoms with Crippen molar-refractivity contribution in [2.45, 2.75) is 19.4 Å². The second-order valence-corrected chi connectivity index (χ2v) is 7.47. The van der Waals surface area contributed by atoms with E-state index in [1.165, 1.54) is 24.3 Å². The molecule has 0 N–H and O–H groups in total. The Balaban J connectivity index is 2.08. The van der Waals surface area contributed by atoms with Gasteiger partial charge in [-0.05, 0) is 0 Å². The fourth-order valence-electron chi connectivity index (χ4n) is 2.75. The Kier molecular flexibility index (Phi) is 5.77. The number of fused-ring (bicyclic) bond motifs is 1. The fourth-order valence-corrected chi connectivity index (χ4v) is 3.84. The van der Waals surface area contributed by atoms with Crippen molar-refractivity contribution in [2.24, 2.45) is 0 Å². The number of ether oxygens (including phenoxy) is 1. The maximum absolute atomic E-state index is 13.0. The van der Waals surface area contributed by atoms with Gasteiger partial charge in [-0.2, -0.15) is 0 Å².